The van der Waals surface area contributed by atoms with Crippen molar-refractivity contribution in [2.75, 3.05) is 25.1 Å². The Hall–Kier alpha value is -1.37. The Morgan fingerprint density at radius 1 is 1.47 bits per heavy atom. The van der Waals surface area contributed by atoms with Crippen LogP contribution in [0.3, 0.4) is 0 Å². The van der Waals surface area contributed by atoms with E-state index >= 15 is 0 Å². The number of anilines is 1. The fourth-order valence-electron chi connectivity index (χ4n) is 2.02. The Morgan fingerprint density at radius 3 is 2.79 bits per heavy atom. The fourth-order valence-corrected chi connectivity index (χ4v) is 2.26. The first-order valence-electron chi connectivity index (χ1n) is 5.99. The highest BCUT2D eigenvalue weighted by Gasteiger charge is 2.30. The zero-order valence-corrected chi connectivity index (χ0v) is 11.0. The predicted molar refractivity (Wildman–Crippen MR) is 71.6 cm³/mol. The average molecular weight is 287 g/mol. The van der Waals surface area contributed by atoms with Gasteiger partial charge in [-0.1, -0.05) is 17.7 Å². The monoisotopic (exact) mass is 286 g/mol. The average Bonchev–Trinajstić information content (AvgIpc) is 2.38. The maximum absolute atomic E-state index is 10.9. The minimum absolute atomic E-state index is 0.0943. The van der Waals surface area contributed by atoms with Crippen LogP contribution in [0, 0.1) is 10.1 Å². The second kappa shape index (κ2) is 5.73. The molecule has 19 heavy (non-hydrogen) atoms. The van der Waals surface area contributed by atoms with Crippen LogP contribution in [0.5, 0.6) is 0 Å². The molecule has 0 amide bonds. The van der Waals surface area contributed by atoms with E-state index in [4.69, 9.17) is 16.3 Å². The zero-order chi connectivity index (χ0) is 13.9. The van der Waals surface area contributed by atoms with E-state index in [0.29, 0.717) is 26.1 Å². The van der Waals surface area contributed by atoms with E-state index < -0.39 is 10.5 Å². The molecule has 0 bridgehead atoms. The Labute approximate surface area is 115 Å². The highest BCUT2D eigenvalue weighted by Crippen LogP contribution is 2.33. The number of halogens is 1. The number of benzene rings is 1. The van der Waals surface area contributed by atoms with Gasteiger partial charge in [-0.05, 0) is 6.07 Å². The third-order valence-electron chi connectivity index (χ3n) is 3.21. The smallest absolute Gasteiger partial charge is 0.293 e. The Balaban J connectivity index is 2.12. The van der Waals surface area contributed by atoms with E-state index in [1.165, 1.54) is 12.1 Å². The van der Waals surface area contributed by atoms with Gasteiger partial charge in [0.15, 0.2) is 0 Å². The normalized spacial score (nSPS) is 18.0. The van der Waals surface area contributed by atoms with Crippen LogP contribution in [-0.2, 0) is 4.74 Å². The molecule has 0 aromatic heterocycles. The molecule has 2 rings (SSSR count). The summed E-state index contributed by atoms with van der Waals surface area (Å²) in [5.74, 6) is 0. The van der Waals surface area contributed by atoms with E-state index in [2.05, 4.69) is 5.32 Å². The Kier molecular flexibility index (Phi) is 4.24. The molecule has 1 saturated heterocycles. The topological polar surface area (TPSA) is 84.6 Å². The Morgan fingerprint density at radius 2 is 2.16 bits per heavy atom. The molecule has 2 N–H and O–H groups in total. The summed E-state index contributed by atoms with van der Waals surface area (Å²) in [6, 6.07) is 4.47. The molecular weight excluding hydrogens is 272 g/mol. The number of nitrogens with one attached hydrogen (secondary N) is 1. The summed E-state index contributed by atoms with van der Waals surface area (Å²) < 4.78 is 5.18. The molecule has 0 aliphatic carbocycles. The van der Waals surface area contributed by atoms with Crippen molar-refractivity contribution in [2.45, 2.75) is 18.4 Å². The second-order valence-corrected chi connectivity index (χ2v) is 4.99. The van der Waals surface area contributed by atoms with Crippen molar-refractivity contribution in [3.63, 3.8) is 0 Å². The molecule has 104 valence electrons. The summed E-state index contributed by atoms with van der Waals surface area (Å²) in [7, 11) is 0. The number of para-hydroxylation sites is 1. The van der Waals surface area contributed by atoms with Gasteiger partial charge in [-0.3, -0.25) is 10.1 Å². The first kappa shape index (κ1) is 14.0. The molecule has 0 atom stereocenters. The first-order chi connectivity index (χ1) is 9.02. The van der Waals surface area contributed by atoms with E-state index in [1.807, 2.05) is 0 Å². The van der Waals surface area contributed by atoms with Gasteiger partial charge in [0.05, 0.1) is 15.5 Å². The highest BCUT2D eigenvalue weighted by atomic mass is 35.5. The van der Waals surface area contributed by atoms with Crippen LogP contribution >= 0.6 is 11.6 Å². The zero-order valence-electron chi connectivity index (χ0n) is 10.3. The molecule has 1 aliphatic heterocycles. The van der Waals surface area contributed by atoms with Gasteiger partial charge in [-0.15, -0.1) is 0 Å². The van der Waals surface area contributed by atoms with Gasteiger partial charge in [-0.25, -0.2) is 0 Å². The molecule has 6 nitrogen and oxygen atoms in total. The lowest BCUT2D eigenvalue weighted by molar-refractivity contribution is -0.384. The Bertz CT molecular complexity index is 475. The molecular formula is C12H15ClN2O4. The molecule has 1 aliphatic rings. The lowest BCUT2D eigenvalue weighted by Crippen LogP contribution is -2.42. The molecule has 0 radical (unpaired) electrons. The van der Waals surface area contributed by atoms with Crippen LogP contribution in [0.2, 0.25) is 5.02 Å². The SMILES string of the molecule is O=[N+]([O-])c1cccc(Cl)c1NCC1(O)CCOCC1. The number of hydrogen-bond donors (Lipinski definition) is 2. The van der Waals surface area contributed by atoms with Gasteiger partial charge in [-0.2, -0.15) is 0 Å². The molecule has 0 spiro atoms. The minimum Gasteiger partial charge on any atom is -0.388 e. The molecule has 1 aromatic rings. The van der Waals surface area contributed by atoms with Crippen LogP contribution < -0.4 is 5.32 Å². The van der Waals surface area contributed by atoms with Gasteiger partial charge >= 0.3 is 0 Å². The van der Waals surface area contributed by atoms with E-state index in [0.717, 1.165) is 0 Å². The van der Waals surface area contributed by atoms with E-state index in [9.17, 15) is 15.2 Å². The summed E-state index contributed by atoms with van der Waals surface area (Å²) in [5, 5.41) is 24.4. The van der Waals surface area contributed by atoms with Crippen LogP contribution in [0.15, 0.2) is 18.2 Å². The van der Waals surface area contributed by atoms with Crippen molar-refractivity contribution >= 4 is 23.0 Å². The van der Waals surface area contributed by atoms with Crippen molar-refractivity contribution in [1.82, 2.24) is 0 Å². The van der Waals surface area contributed by atoms with E-state index in [1.54, 1.807) is 6.07 Å². The molecule has 0 unspecified atom stereocenters. The van der Waals surface area contributed by atoms with E-state index in [-0.39, 0.29) is 22.9 Å². The van der Waals surface area contributed by atoms with Gasteiger partial charge in [0, 0.05) is 38.7 Å². The standard InChI is InChI=1S/C12H15ClN2O4/c13-9-2-1-3-10(15(17)18)11(9)14-8-12(16)4-6-19-7-5-12/h1-3,14,16H,4-8H2. The second-order valence-electron chi connectivity index (χ2n) is 4.58. The fraction of sp³-hybridized carbons (Fsp3) is 0.500. The lowest BCUT2D eigenvalue weighted by atomic mass is 9.94. The van der Waals surface area contributed by atoms with Crippen molar-refractivity contribution in [3.8, 4) is 0 Å². The van der Waals surface area contributed by atoms with Gasteiger partial charge < -0.3 is 15.2 Å². The highest BCUT2D eigenvalue weighted by molar-refractivity contribution is 6.33. The number of nitrogens with zero attached hydrogens (tertiary/aromatic N) is 1. The molecule has 1 fully saturated rings. The number of nitro benzene ring substituents is 1. The number of aliphatic hydroxyl groups is 1. The quantitative estimate of drug-likeness (QED) is 0.655. The third-order valence-corrected chi connectivity index (χ3v) is 3.52. The summed E-state index contributed by atoms with van der Waals surface area (Å²) in [4.78, 5) is 10.4. The van der Waals surface area contributed by atoms with Crippen molar-refractivity contribution in [1.29, 1.82) is 0 Å². The van der Waals surface area contributed by atoms with Crippen molar-refractivity contribution in [3.05, 3.63) is 33.3 Å². The lowest BCUT2D eigenvalue weighted by Gasteiger charge is -2.32. The predicted octanol–water partition coefficient (Wildman–Crippen LogP) is 2.20. The van der Waals surface area contributed by atoms with Crippen molar-refractivity contribution < 1.29 is 14.8 Å². The summed E-state index contributed by atoms with van der Waals surface area (Å²) >= 11 is 5.96. The number of ether oxygens (including phenoxy) is 1. The van der Waals surface area contributed by atoms with Crippen LogP contribution in [-0.4, -0.2) is 35.4 Å². The van der Waals surface area contributed by atoms with Gasteiger partial charge in [0.1, 0.15) is 5.69 Å². The molecule has 1 heterocycles. The van der Waals surface area contributed by atoms with Crippen LogP contribution in [0.25, 0.3) is 0 Å². The minimum atomic E-state index is -0.911. The van der Waals surface area contributed by atoms with Crippen LogP contribution in [0.1, 0.15) is 12.8 Å². The largest absolute Gasteiger partial charge is 0.388 e. The maximum atomic E-state index is 10.9. The van der Waals surface area contributed by atoms with Gasteiger partial charge in [0.25, 0.3) is 5.69 Å². The summed E-state index contributed by atoms with van der Waals surface area (Å²) in [6.07, 6.45) is 0.997. The van der Waals surface area contributed by atoms with Crippen LogP contribution in [0.4, 0.5) is 11.4 Å². The van der Waals surface area contributed by atoms with Gasteiger partial charge in [0.2, 0.25) is 0 Å². The summed E-state index contributed by atoms with van der Waals surface area (Å²) in [6.45, 7) is 1.19. The number of rotatable bonds is 4. The maximum Gasteiger partial charge on any atom is 0.293 e. The molecule has 1 aromatic carbocycles. The van der Waals surface area contributed by atoms with Crippen molar-refractivity contribution in [2.24, 2.45) is 0 Å². The number of hydrogen-bond acceptors (Lipinski definition) is 5. The molecule has 7 heteroatoms. The molecule has 0 saturated carbocycles. The number of nitro groups is 1. The summed E-state index contributed by atoms with van der Waals surface area (Å²) in [5.41, 5.74) is -0.761. The third kappa shape index (κ3) is 3.34. The first-order valence-corrected chi connectivity index (χ1v) is 6.36.